The largest absolute Gasteiger partial charge is 0.497 e. The van der Waals surface area contributed by atoms with E-state index >= 15 is 0 Å². The van der Waals surface area contributed by atoms with Crippen LogP contribution in [-0.2, 0) is 16.1 Å². The summed E-state index contributed by atoms with van der Waals surface area (Å²) < 4.78 is 10.8. The van der Waals surface area contributed by atoms with Crippen molar-refractivity contribution in [3.05, 3.63) is 84.4 Å². The molecule has 9 nitrogen and oxygen atoms in total. The SMILES string of the molecule is CCOc1ccc(N2C(=O)[C@H](CC(=O)Nc3ccc(OC)cc3)N(CCCN3CCN(Cc4ccccc4)CC3)C2=S)cc1. The number of hydrogen-bond donors (Lipinski definition) is 1. The molecule has 1 N–H and O–H groups in total. The molecule has 0 radical (unpaired) electrons. The molecule has 3 aromatic rings. The van der Waals surface area contributed by atoms with Crippen molar-refractivity contribution >= 4 is 40.5 Å². The highest BCUT2D eigenvalue weighted by molar-refractivity contribution is 7.80. The molecule has 2 saturated heterocycles. The van der Waals surface area contributed by atoms with Gasteiger partial charge in [0.2, 0.25) is 5.91 Å². The zero-order chi connectivity index (χ0) is 30.9. The van der Waals surface area contributed by atoms with Crippen LogP contribution in [-0.4, -0.2) is 90.7 Å². The Labute approximate surface area is 265 Å². The van der Waals surface area contributed by atoms with Crippen LogP contribution in [0.15, 0.2) is 78.9 Å². The van der Waals surface area contributed by atoms with Crippen molar-refractivity contribution in [1.29, 1.82) is 0 Å². The molecule has 3 aromatic carbocycles. The van der Waals surface area contributed by atoms with Gasteiger partial charge in [0.05, 0.1) is 25.8 Å². The number of anilines is 2. The predicted molar refractivity (Wildman–Crippen MR) is 177 cm³/mol. The van der Waals surface area contributed by atoms with Gasteiger partial charge < -0.3 is 24.6 Å². The Hall–Kier alpha value is -3.99. The highest BCUT2D eigenvalue weighted by Crippen LogP contribution is 2.29. The van der Waals surface area contributed by atoms with Crippen LogP contribution < -0.4 is 19.7 Å². The van der Waals surface area contributed by atoms with E-state index in [1.54, 1.807) is 36.3 Å². The number of ether oxygens (including phenoxy) is 2. The van der Waals surface area contributed by atoms with E-state index in [0.29, 0.717) is 35.4 Å². The summed E-state index contributed by atoms with van der Waals surface area (Å²) in [6, 6.07) is 24.4. The van der Waals surface area contributed by atoms with Gasteiger partial charge in [-0.05, 0) is 86.2 Å². The summed E-state index contributed by atoms with van der Waals surface area (Å²) in [4.78, 5) is 35.4. The molecule has 2 fully saturated rings. The number of methoxy groups -OCH3 is 1. The van der Waals surface area contributed by atoms with Gasteiger partial charge in [-0.1, -0.05) is 30.3 Å². The molecule has 0 aromatic heterocycles. The van der Waals surface area contributed by atoms with Crippen molar-refractivity contribution in [1.82, 2.24) is 14.7 Å². The molecular weight excluding hydrogens is 574 g/mol. The van der Waals surface area contributed by atoms with Crippen LogP contribution in [0.4, 0.5) is 11.4 Å². The Balaban J connectivity index is 1.21. The molecule has 0 saturated carbocycles. The van der Waals surface area contributed by atoms with Crippen LogP contribution in [0, 0.1) is 0 Å². The van der Waals surface area contributed by atoms with E-state index < -0.39 is 6.04 Å². The van der Waals surface area contributed by atoms with E-state index in [1.807, 2.05) is 36.1 Å². The second-order valence-electron chi connectivity index (χ2n) is 11.0. The molecule has 0 aliphatic carbocycles. The Morgan fingerprint density at radius 3 is 2.20 bits per heavy atom. The second-order valence-corrected chi connectivity index (χ2v) is 11.4. The van der Waals surface area contributed by atoms with Gasteiger partial charge >= 0.3 is 0 Å². The van der Waals surface area contributed by atoms with Gasteiger partial charge in [0, 0.05) is 45.0 Å². The summed E-state index contributed by atoms with van der Waals surface area (Å²) in [6.45, 7) is 9.00. The first-order valence-corrected chi connectivity index (χ1v) is 15.7. The number of carbonyl (C=O) groups excluding carboxylic acids is 2. The normalized spacial score (nSPS) is 17.6. The van der Waals surface area contributed by atoms with Gasteiger partial charge in [-0.15, -0.1) is 0 Å². The fourth-order valence-corrected chi connectivity index (χ4v) is 6.14. The van der Waals surface area contributed by atoms with Crippen LogP contribution in [0.1, 0.15) is 25.3 Å². The van der Waals surface area contributed by atoms with Crippen LogP contribution in [0.2, 0.25) is 0 Å². The van der Waals surface area contributed by atoms with E-state index in [0.717, 1.165) is 51.4 Å². The summed E-state index contributed by atoms with van der Waals surface area (Å²) in [5.41, 5.74) is 2.65. The van der Waals surface area contributed by atoms with Gasteiger partial charge in [-0.2, -0.15) is 0 Å². The molecular formula is C34H41N5O4S. The molecule has 5 rings (SSSR count). The van der Waals surface area contributed by atoms with Crippen LogP contribution in [0.25, 0.3) is 0 Å². The van der Waals surface area contributed by atoms with Crippen LogP contribution in [0.3, 0.4) is 0 Å². The minimum absolute atomic E-state index is 0.00328. The number of hydrogen-bond acceptors (Lipinski definition) is 7. The first-order valence-electron chi connectivity index (χ1n) is 15.2. The summed E-state index contributed by atoms with van der Waals surface area (Å²) in [5, 5.41) is 3.34. The Bertz CT molecular complexity index is 1400. The van der Waals surface area contributed by atoms with Crippen LogP contribution in [0.5, 0.6) is 11.5 Å². The Morgan fingerprint density at radius 1 is 0.886 bits per heavy atom. The molecule has 2 aliphatic rings. The lowest BCUT2D eigenvalue weighted by Gasteiger charge is -2.35. The minimum atomic E-state index is -0.685. The van der Waals surface area contributed by atoms with Gasteiger partial charge in [0.25, 0.3) is 5.91 Å². The average Bonchev–Trinajstić information content (AvgIpc) is 3.27. The van der Waals surface area contributed by atoms with E-state index in [2.05, 4.69) is 45.4 Å². The summed E-state index contributed by atoms with van der Waals surface area (Å²) in [7, 11) is 1.60. The van der Waals surface area contributed by atoms with Crippen molar-refractivity contribution in [2.75, 3.05) is 63.2 Å². The third-order valence-electron chi connectivity index (χ3n) is 8.06. The Kier molecular flexibility index (Phi) is 10.8. The van der Waals surface area contributed by atoms with Gasteiger partial charge in [-0.25, -0.2) is 0 Å². The van der Waals surface area contributed by atoms with Crippen molar-refractivity contribution < 1.29 is 19.1 Å². The number of benzene rings is 3. The first kappa shape index (κ1) is 31.4. The number of piperazine rings is 1. The van der Waals surface area contributed by atoms with E-state index in [1.165, 1.54) is 5.56 Å². The fraction of sp³-hybridized carbons (Fsp3) is 0.382. The smallest absolute Gasteiger partial charge is 0.256 e. The maximum atomic E-state index is 13.8. The monoisotopic (exact) mass is 615 g/mol. The molecule has 1 atom stereocenters. The second kappa shape index (κ2) is 15.1. The average molecular weight is 616 g/mol. The van der Waals surface area contributed by atoms with Gasteiger partial charge in [0.1, 0.15) is 17.5 Å². The van der Waals surface area contributed by atoms with Gasteiger partial charge in [0.15, 0.2) is 5.11 Å². The van der Waals surface area contributed by atoms with Crippen molar-refractivity contribution in [2.24, 2.45) is 0 Å². The maximum absolute atomic E-state index is 13.8. The van der Waals surface area contributed by atoms with Crippen molar-refractivity contribution in [2.45, 2.75) is 32.4 Å². The fourth-order valence-electron chi connectivity index (χ4n) is 5.72. The number of carbonyl (C=O) groups is 2. The quantitative estimate of drug-likeness (QED) is 0.279. The lowest BCUT2D eigenvalue weighted by molar-refractivity contribution is -0.124. The molecule has 2 aliphatic heterocycles. The topological polar surface area (TPSA) is 77.6 Å². The third-order valence-corrected chi connectivity index (χ3v) is 8.48. The highest BCUT2D eigenvalue weighted by atomic mass is 32.1. The van der Waals surface area contributed by atoms with Crippen molar-refractivity contribution in [3.8, 4) is 11.5 Å². The number of rotatable bonds is 13. The molecule has 232 valence electrons. The Morgan fingerprint density at radius 2 is 1.55 bits per heavy atom. The summed E-state index contributed by atoms with van der Waals surface area (Å²) in [5.74, 6) is 0.988. The molecule has 44 heavy (non-hydrogen) atoms. The molecule has 0 unspecified atom stereocenters. The standard InChI is InChI=1S/C34H41N5O4S/c1-3-43-30-16-12-28(13-17-30)39-33(41)31(24-32(40)35-27-10-14-29(42-2)15-11-27)38(34(39)44)19-7-18-36-20-22-37(23-21-36)25-26-8-5-4-6-9-26/h4-6,8-17,31H,3,7,18-25H2,1-2H3,(H,35,40)/t31-/m0/s1. The summed E-state index contributed by atoms with van der Waals surface area (Å²) >= 11 is 5.87. The highest BCUT2D eigenvalue weighted by Gasteiger charge is 2.44. The number of thiocarbonyl (C=S) groups is 1. The van der Waals surface area contributed by atoms with E-state index in [4.69, 9.17) is 21.7 Å². The lowest BCUT2D eigenvalue weighted by Crippen LogP contribution is -2.47. The minimum Gasteiger partial charge on any atom is -0.497 e. The first-order chi connectivity index (χ1) is 21.4. The predicted octanol–water partition coefficient (Wildman–Crippen LogP) is 4.63. The van der Waals surface area contributed by atoms with Crippen molar-refractivity contribution in [3.63, 3.8) is 0 Å². The number of amides is 2. The molecule has 2 amide bonds. The van der Waals surface area contributed by atoms with E-state index in [9.17, 15) is 9.59 Å². The molecule has 0 spiro atoms. The lowest BCUT2D eigenvalue weighted by atomic mass is 10.1. The third kappa shape index (κ3) is 7.93. The van der Waals surface area contributed by atoms with E-state index in [-0.39, 0.29) is 18.2 Å². The van der Waals surface area contributed by atoms with Gasteiger partial charge in [-0.3, -0.25) is 19.4 Å². The molecule has 2 heterocycles. The zero-order valence-electron chi connectivity index (χ0n) is 25.5. The molecule has 10 heteroatoms. The maximum Gasteiger partial charge on any atom is 0.256 e. The number of nitrogens with zero attached hydrogens (tertiary/aromatic N) is 4. The summed E-state index contributed by atoms with van der Waals surface area (Å²) in [6.07, 6.45) is 0.830. The van der Waals surface area contributed by atoms with Crippen LogP contribution >= 0.6 is 12.2 Å². The zero-order valence-corrected chi connectivity index (χ0v) is 26.3. The molecule has 0 bridgehead atoms. The number of nitrogens with one attached hydrogen (secondary N) is 1.